The molecule has 2 fully saturated rings. The second-order valence-corrected chi connectivity index (χ2v) is 9.34. The van der Waals surface area contributed by atoms with E-state index >= 15 is 0 Å². The largest absolute Gasteiger partial charge is 0.204 e. The Kier molecular flexibility index (Phi) is 8.15. The highest BCUT2D eigenvalue weighted by molar-refractivity contribution is 5.17. The number of aryl methyl sites for hydroxylation is 1. The second-order valence-electron chi connectivity index (χ2n) is 9.34. The third-order valence-corrected chi connectivity index (χ3v) is 7.46. The van der Waals surface area contributed by atoms with Crippen molar-refractivity contribution in [3.8, 4) is 0 Å². The fourth-order valence-electron chi connectivity index (χ4n) is 5.76. The minimum Gasteiger partial charge on any atom is -0.204 e. The maximum absolute atomic E-state index is 13.3. The van der Waals surface area contributed by atoms with Crippen LogP contribution in [0.4, 0.5) is 8.78 Å². The molecular formula is C25H38F2. The van der Waals surface area contributed by atoms with Crippen molar-refractivity contribution in [2.75, 3.05) is 0 Å². The highest BCUT2D eigenvalue weighted by atomic mass is 19.2. The van der Waals surface area contributed by atoms with Crippen molar-refractivity contribution in [3.05, 3.63) is 35.4 Å². The predicted octanol–water partition coefficient (Wildman–Crippen LogP) is 8.09. The minimum absolute atomic E-state index is 0.713. The van der Waals surface area contributed by atoms with Crippen LogP contribution >= 0.6 is 0 Å². The lowest BCUT2D eigenvalue weighted by Gasteiger charge is -2.38. The van der Waals surface area contributed by atoms with Crippen molar-refractivity contribution in [2.24, 2.45) is 23.7 Å². The molecule has 1 aromatic rings. The van der Waals surface area contributed by atoms with Crippen LogP contribution in [0.5, 0.6) is 0 Å². The molecule has 0 aromatic heterocycles. The predicted molar refractivity (Wildman–Crippen MR) is 110 cm³/mol. The fourth-order valence-corrected chi connectivity index (χ4v) is 5.76. The Labute approximate surface area is 165 Å². The summed E-state index contributed by atoms with van der Waals surface area (Å²) >= 11 is 0. The van der Waals surface area contributed by atoms with E-state index in [4.69, 9.17) is 0 Å². The van der Waals surface area contributed by atoms with Crippen LogP contribution in [-0.2, 0) is 6.42 Å². The topological polar surface area (TPSA) is 0 Å². The van der Waals surface area contributed by atoms with Crippen molar-refractivity contribution >= 4 is 0 Å². The third-order valence-electron chi connectivity index (χ3n) is 7.46. The molecule has 0 bridgehead atoms. The first-order chi connectivity index (χ1) is 13.2. The summed E-state index contributed by atoms with van der Waals surface area (Å²) in [5, 5.41) is 0. The molecule has 0 N–H and O–H groups in total. The fraction of sp³-hybridized carbons (Fsp3) is 0.760. The molecule has 0 heterocycles. The Morgan fingerprint density at radius 1 is 0.741 bits per heavy atom. The van der Waals surface area contributed by atoms with Crippen LogP contribution in [0.25, 0.3) is 0 Å². The summed E-state index contributed by atoms with van der Waals surface area (Å²) in [5.41, 5.74) is 0.927. The number of hydrogen-bond donors (Lipinski definition) is 0. The molecule has 152 valence electrons. The summed E-state index contributed by atoms with van der Waals surface area (Å²) in [7, 11) is 0. The summed E-state index contributed by atoms with van der Waals surface area (Å²) in [6, 6.07) is 4.33. The van der Waals surface area contributed by atoms with Gasteiger partial charge < -0.3 is 0 Å². The van der Waals surface area contributed by atoms with Gasteiger partial charge in [0, 0.05) is 0 Å². The molecule has 0 radical (unpaired) electrons. The maximum Gasteiger partial charge on any atom is 0.159 e. The lowest BCUT2D eigenvalue weighted by Crippen LogP contribution is -2.25. The summed E-state index contributed by atoms with van der Waals surface area (Å²) in [4.78, 5) is 0. The molecular weight excluding hydrogens is 338 g/mol. The molecule has 1 aromatic carbocycles. The Morgan fingerprint density at radius 2 is 1.33 bits per heavy atom. The quantitative estimate of drug-likeness (QED) is 0.402. The number of halogens is 2. The Bertz CT molecular complexity index is 551. The van der Waals surface area contributed by atoms with Gasteiger partial charge in [-0.3, -0.25) is 0 Å². The van der Waals surface area contributed by atoms with Gasteiger partial charge in [-0.05, 0) is 79.9 Å². The van der Waals surface area contributed by atoms with E-state index in [0.717, 1.165) is 42.1 Å². The van der Waals surface area contributed by atoms with E-state index in [9.17, 15) is 8.78 Å². The first-order valence-corrected chi connectivity index (χ1v) is 11.6. The molecule has 0 saturated heterocycles. The van der Waals surface area contributed by atoms with Crippen molar-refractivity contribution < 1.29 is 8.78 Å². The molecule has 2 aliphatic rings. The van der Waals surface area contributed by atoms with Crippen LogP contribution in [0, 0.1) is 35.3 Å². The molecule has 0 nitrogen and oxygen atoms in total. The van der Waals surface area contributed by atoms with Crippen LogP contribution in [0.2, 0.25) is 0 Å². The highest BCUT2D eigenvalue weighted by Gasteiger charge is 2.30. The average Bonchev–Trinajstić information content (AvgIpc) is 2.69. The lowest BCUT2D eigenvalue weighted by molar-refractivity contribution is 0.140. The van der Waals surface area contributed by atoms with E-state index in [1.807, 2.05) is 0 Å². The third kappa shape index (κ3) is 6.29. The maximum atomic E-state index is 13.3. The Balaban J connectivity index is 1.29. The first-order valence-electron chi connectivity index (χ1n) is 11.6. The normalized spacial score (nSPS) is 29.0. The number of rotatable bonds is 8. The zero-order valence-electron chi connectivity index (χ0n) is 17.2. The van der Waals surface area contributed by atoms with Crippen molar-refractivity contribution in [1.29, 1.82) is 0 Å². The number of unbranched alkanes of at least 4 members (excludes halogenated alkanes) is 1. The molecule has 0 aliphatic heterocycles. The monoisotopic (exact) mass is 376 g/mol. The van der Waals surface area contributed by atoms with Crippen LogP contribution in [0.1, 0.15) is 96.0 Å². The molecule has 3 rings (SSSR count). The van der Waals surface area contributed by atoms with Crippen LogP contribution in [0.15, 0.2) is 18.2 Å². The summed E-state index contributed by atoms with van der Waals surface area (Å²) in [6.07, 6.45) is 19.0. The second kappa shape index (κ2) is 10.6. The van der Waals surface area contributed by atoms with Gasteiger partial charge in [0.15, 0.2) is 11.6 Å². The van der Waals surface area contributed by atoms with E-state index in [1.165, 1.54) is 89.2 Å². The van der Waals surface area contributed by atoms with E-state index in [0.29, 0.717) is 0 Å². The minimum atomic E-state index is -0.741. The van der Waals surface area contributed by atoms with Gasteiger partial charge in [0.1, 0.15) is 0 Å². The van der Waals surface area contributed by atoms with E-state index in [-0.39, 0.29) is 0 Å². The van der Waals surface area contributed by atoms with Crippen molar-refractivity contribution in [1.82, 2.24) is 0 Å². The van der Waals surface area contributed by atoms with E-state index < -0.39 is 11.6 Å². The van der Waals surface area contributed by atoms with Gasteiger partial charge in [0.05, 0.1) is 0 Å². The average molecular weight is 377 g/mol. The van der Waals surface area contributed by atoms with Crippen LogP contribution in [0.3, 0.4) is 0 Å². The lowest BCUT2D eigenvalue weighted by atomic mass is 9.68. The number of hydrogen-bond acceptors (Lipinski definition) is 0. The molecule has 2 saturated carbocycles. The first kappa shape index (κ1) is 20.8. The van der Waals surface area contributed by atoms with Gasteiger partial charge in [0.25, 0.3) is 0 Å². The smallest absolute Gasteiger partial charge is 0.159 e. The van der Waals surface area contributed by atoms with Gasteiger partial charge in [-0.2, -0.15) is 0 Å². The molecule has 0 atom stereocenters. The molecule has 0 amide bonds. The van der Waals surface area contributed by atoms with Gasteiger partial charge in [-0.15, -0.1) is 0 Å². The summed E-state index contributed by atoms with van der Waals surface area (Å²) in [6.45, 7) is 2.32. The molecule has 0 spiro atoms. The van der Waals surface area contributed by atoms with Crippen LogP contribution in [-0.4, -0.2) is 0 Å². The number of benzene rings is 1. The standard InChI is InChI=1S/C25H38F2/c1-2-5-19-8-13-22(14-9-19)23-15-10-20(11-16-23)6-3-4-7-21-12-17-24(26)25(27)18-21/h12,17-20,22-23H,2-11,13-16H2,1H3. The summed E-state index contributed by atoms with van der Waals surface area (Å²) in [5.74, 6) is 2.50. The van der Waals surface area contributed by atoms with Crippen molar-refractivity contribution in [3.63, 3.8) is 0 Å². The zero-order valence-corrected chi connectivity index (χ0v) is 17.2. The van der Waals surface area contributed by atoms with Gasteiger partial charge in [0.2, 0.25) is 0 Å². The zero-order chi connectivity index (χ0) is 19.1. The van der Waals surface area contributed by atoms with Crippen molar-refractivity contribution in [2.45, 2.75) is 96.8 Å². The van der Waals surface area contributed by atoms with E-state index in [2.05, 4.69) is 6.92 Å². The Hall–Kier alpha value is -0.920. The molecule has 0 unspecified atom stereocenters. The molecule has 2 aliphatic carbocycles. The highest BCUT2D eigenvalue weighted by Crippen LogP contribution is 2.43. The van der Waals surface area contributed by atoms with Gasteiger partial charge in [-0.25, -0.2) is 8.78 Å². The molecule has 27 heavy (non-hydrogen) atoms. The van der Waals surface area contributed by atoms with Crippen LogP contribution < -0.4 is 0 Å². The summed E-state index contributed by atoms with van der Waals surface area (Å²) < 4.78 is 26.2. The van der Waals surface area contributed by atoms with Gasteiger partial charge in [-0.1, -0.05) is 64.4 Å². The SMILES string of the molecule is CCCC1CCC(C2CCC(CCCCc3ccc(F)c(F)c3)CC2)CC1. The van der Waals surface area contributed by atoms with Gasteiger partial charge >= 0.3 is 0 Å². The Morgan fingerprint density at radius 3 is 1.89 bits per heavy atom. The molecule has 2 heteroatoms. The van der Waals surface area contributed by atoms with E-state index in [1.54, 1.807) is 6.07 Å².